The number of para-hydroxylation sites is 1. The number of aliphatic imine (C=N–C) groups is 1. The number of hydrogen-bond acceptors (Lipinski definition) is 6. The molecule has 1 aliphatic heterocycles. The van der Waals surface area contributed by atoms with Crippen molar-refractivity contribution in [2.24, 2.45) is 4.99 Å². The van der Waals surface area contributed by atoms with Gasteiger partial charge in [0.2, 0.25) is 11.8 Å². The molecule has 1 heterocycles. The summed E-state index contributed by atoms with van der Waals surface area (Å²) in [7, 11) is 1.58. The summed E-state index contributed by atoms with van der Waals surface area (Å²) in [6.07, 6.45) is -0.0197. The zero-order chi connectivity index (χ0) is 25.5. The Kier molecular flexibility index (Phi) is 8.22. The highest BCUT2D eigenvalue weighted by Gasteiger charge is 2.36. The summed E-state index contributed by atoms with van der Waals surface area (Å²) in [6, 6.07) is 20.4. The third-order valence-corrected chi connectivity index (χ3v) is 6.60. The van der Waals surface area contributed by atoms with Gasteiger partial charge in [-0.1, -0.05) is 42.1 Å². The van der Waals surface area contributed by atoms with E-state index in [1.54, 1.807) is 55.6 Å². The molecular formula is C27H26FN3O4S. The Hall–Kier alpha value is -3.85. The van der Waals surface area contributed by atoms with E-state index in [1.807, 2.05) is 19.1 Å². The molecule has 7 nitrogen and oxygen atoms in total. The highest BCUT2D eigenvalue weighted by atomic mass is 32.2. The first-order chi connectivity index (χ1) is 17.5. The van der Waals surface area contributed by atoms with Crippen molar-refractivity contribution < 1.29 is 23.5 Å². The lowest BCUT2D eigenvalue weighted by atomic mass is 10.2. The Bertz CT molecular complexity index is 1270. The molecule has 0 aliphatic carbocycles. The molecule has 3 aromatic rings. The van der Waals surface area contributed by atoms with Crippen LogP contribution in [0.4, 0.5) is 15.8 Å². The van der Waals surface area contributed by atoms with Gasteiger partial charge in [-0.25, -0.2) is 9.38 Å². The minimum Gasteiger partial charge on any atom is -0.497 e. The first-order valence-electron chi connectivity index (χ1n) is 11.4. The summed E-state index contributed by atoms with van der Waals surface area (Å²) in [5.74, 6) is 0.204. The summed E-state index contributed by atoms with van der Waals surface area (Å²) in [6.45, 7) is 2.61. The number of thioether (sulfide) groups is 1. The molecule has 9 heteroatoms. The molecular weight excluding hydrogens is 481 g/mol. The van der Waals surface area contributed by atoms with Gasteiger partial charge in [-0.3, -0.25) is 14.5 Å². The van der Waals surface area contributed by atoms with E-state index in [0.29, 0.717) is 23.8 Å². The number of amidine groups is 1. The van der Waals surface area contributed by atoms with Crippen LogP contribution >= 0.6 is 11.8 Å². The highest BCUT2D eigenvalue weighted by Crippen LogP contribution is 2.32. The average Bonchev–Trinajstić information content (AvgIpc) is 2.88. The van der Waals surface area contributed by atoms with E-state index < -0.39 is 11.1 Å². The van der Waals surface area contributed by atoms with Crippen LogP contribution in [-0.2, 0) is 16.1 Å². The Labute approximate surface area is 213 Å². The molecule has 36 heavy (non-hydrogen) atoms. The fourth-order valence-electron chi connectivity index (χ4n) is 3.61. The normalized spacial score (nSPS) is 16.6. The number of halogens is 1. The van der Waals surface area contributed by atoms with Crippen LogP contribution in [0.1, 0.15) is 18.9 Å². The van der Waals surface area contributed by atoms with Crippen molar-refractivity contribution in [3.63, 3.8) is 0 Å². The Balaban J connectivity index is 1.58. The third kappa shape index (κ3) is 6.23. The van der Waals surface area contributed by atoms with E-state index in [0.717, 1.165) is 17.3 Å². The number of rotatable bonds is 8. The van der Waals surface area contributed by atoms with E-state index in [1.165, 1.54) is 17.0 Å². The Morgan fingerprint density at radius 3 is 2.61 bits per heavy atom. The second-order valence-corrected chi connectivity index (χ2v) is 9.10. The molecule has 4 rings (SSSR count). The number of carbonyl (C=O) groups is 2. The van der Waals surface area contributed by atoms with Crippen LogP contribution < -0.4 is 14.8 Å². The first-order valence-corrected chi connectivity index (χ1v) is 12.3. The van der Waals surface area contributed by atoms with Crippen LogP contribution in [0.2, 0.25) is 0 Å². The maximum Gasteiger partial charge on any atom is 0.238 e. The van der Waals surface area contributed by atoms with E-state index in [9.17, 15) is 14.0 Å². The van der Waals surface area contributed by atoms with Crippen LogP contribution in [0.5, 0.6) is 11.5 Å². The van der Waals surface area contributed by atoms with Crippen molar-refractivity contribution in [2.45, 2.75) is 25.1 Å². The molecule has 1 saturated heterocycles. The van der Waals surface area contributed by atoms with Gasteiger partial charge < -0.3 is 14.8 Å². The smallest absolute Gasteiger partial charge is 0.238 e. The molecule has 1 fully saturated rings. The number of ether oxygens (including phenoxy) is 2. The van der Waals surface area contributed by atoms with Gasteiger partial charge in [0.1, 0.15) is 28.3 Å². The number of nitrogens with zero attached hydrogens (tertiary/aromatic N) is 2. The third-order valence-electron chi connectivity index (χ3n) is 5.41. The number of hydrogen-bond donors (Lipinski definition) is 1. The van der Waals surface area contributed by atoms with Gasteiger partial charge in [-0.05, 0) is 48.9 Å². The van der Waals surface area contributed by atoms with E-state index in [4.69, 9.17) is 9.47 Å². The fraction of sp³-hybridized carbons (Fsp3) is 0.222. The molecule has 0 unspecified atom stereocenters. The minimum absolute atomic E-state index is 0.0197. The van der Waals surface area contributed by atoms with Crippen molar-refractivity contribution in [1.29, 1.82) is 0 Å². The van der Waals surface area contributed by atoms with E-state index in [2.05, 4.69) is 10.3 Å². The van der Waals surface area contributed by atoms with Gasteiger partial charge in [-0.2, -0.15) is 0 Å². The molecule has 0 bridgehead atoms. The second kappa shape index (κ2) is 11.7. The lowest BCUT2D eigenvalue weighted by molar-refractivity contribution is -0.129. The van der Waals surface area contributed by atoms with Crippen LogP contribution in [0.25, 0.3) is 0 Å². The summed E-state index contributed by atoms with van der Waals surface area (Å²) in [4.78, 5) is 32.3. The predicted molar refractivity (Wildman–Crippen MR) is 139 cm³/mol. The van der Waals surface area contributed by atoms with Gasteiger partial charge in [0, 0.05) is 18.2 Å². The van der Waals surface area contributed by atoms with Crippen molar-refractivity contribution in [3.8, 4) is 11.5 Å². The van der Waals surface area contributed by atoms with Crippen molar-refractivity contribution in [2.75, 3.05) is 19.0 Å². The molecule has 1 aliphatic rings. The Morgan fingerprint density at radius 1 is 1.11 bits per heavy atom. The first kappa shape index (κ1) is 25.2. The lowest BCUT2D eigenvalue weighted by Crippen LogP contribution is -2.44. The summed E-state index contributed by atoms with van der Waals surface area (Å²) in [5.41, 5.74) is 1.51. The molecule has 1 N–H and O–H groups in total. The van der Waals surface area contributed by atoms with Crippen molar-refractivity contribution in [3.05, 3.63) is 84.2 Å². The minimum atomic E-state index is -0.731. The maximum atomic E-state index is 14.4. The zero-order valence-corrected chi connectivity index (χ0v) is 20.8. The predicted octanol–water partition coefficient (Wildman–Crippen LogP) is 5.39. The standard InChI is InChI=1S/C27H26FN3O4S/c1-3-35-21-8-6-7-19(15-21)29-26(33)24-16-25(32)31(17-18-11-13-20(34-2)14-12-18)27(36-24)30-23-10-5-4-9-22(23)28/h4-15,24H,3,16-17H2,1-2H3,(H,29,33)/t24-/m0/s1. The van der Waals surface area contributed by atoms with Gasteiger partial charge in [0.15, 0.2) is 5.17 Å². The fourth-order valence-corrected chi connectivity index (χ4v) is 4.70. The largest absolute Gasteiger partial charge is 0.497 e. The molecule has 0 spiro atoms. The van der Waals surface area contributed by atoms with Crippen LogP contribution in [0, 0.1) is 5.82 Å². The van der Waals surface area contributed by atoms with Crippen LogP contribution in [-0.4, -0.2) is 40.8 Å². The molecule has 2 amide bonds. The maximum absolute atomic E-state index is 14.4. The van der Waals surface area contributed by atoms with Gasteiger partial charge in [0.05, 0.1) is 20.3 Å². The Morgan fingerprint density at radius 2 is 1.89 bits per heavy atom. The summed E-state index contributed by atoms with van der Waals surface area (Å²) < 4.78 is 25.1. The second-order valence-electron chi connectivity index (χ2n) is 7.93. The summed E-state index contributed by atoms with van der Waals surface area (Å²) >= 11 is 1.14. The van der Waals surface area contributed by atoms with Gasteiger partial charge in [-0.15, -0.1) is 0 Å². The monoisotopic (exact) mass is 507 g/mol. The molecule has 0 aromatic heterocycles. The number of anilines is 1. The quantitative estimate of drug-likeness (QED) is 0.442. The molecule has 1 atom stereocenters. The van der Waals surface area contributed by atoms with Gasteiger partial charge >= 0.3 is 0 Å². The number of carbonyl (C=O) groups excluding carboxylic acids is 2. The number of nitrogens with one attached hydrogen (secondary N) is 1. The molecule has 0 radical (unpaired) electrons. The number of methoxy groups -OCH3 is 1. The molecule has 3 aromatic carbocycles. The molecule has 186 valence electrons. The summed E-state index contributed by atoms with van der Waals surface area (Å²) in [5, 5.41) is 2.38. The zero-order valence-electron chi connectivity index (χ0n) is 19.9. The van der Waals surface area contributed by atoms with Crippen LogP contribution in [0.15, 0.2) is 77.8 Å². The molecule has 0 saturated carbocycles. The number of benzene rings is 3. The van der Waals surface area contributed by atoms with E-state index in [-0.39, 0.29) is 35.6 Å². The van der Waals surface area contributed by atoms with E-state index >= 15 is 0 Å². The SMILES string of the molecule is CCOc1cccc(NC(=O)[C@@H]2CC(=O)N(Cc3ccc(OC)cc3)C(=Nc3ccccc3F)S2)c1. The lowest BCUT2D eigenvalue weighted by Gasteiger charge is -2.32. The topological polar surface area (TPSA) is 80.2 Å². The highest BCUT2D eigenvalue weighted by molar-refractivity contribution is 8.15. The van der Waals surface area contributed by atoms with Crippen molar-refractivity contribution >= 4 is 40.1 Å². The van der Waals surface area contributed by atoms with Crippen LogP contribution in [0.3, 0.4) is 0 Å². The van der Waals surface area contributed by atoms with Gasteiger partial charge in [0.25, 0.3) is 0 Å². The number of amides is 2. The average molecular weight is 508 g/mol. The van der Waals surface area contributed by atoms with Crippen molar-refractivity contribution in [1.82, 2.24) is 4.90 Å².